The maximum atomic E-state index is 10.5. The van der Waals surface area contributed by atoms with Crippen molar-refractivity contribution in [3.8, 4) is 11.5 Å². The van der Waals surface area contributed by atoms with Crippen LogP contribution < -0.4 is 0 Å². The molecular formula is C34H54N2O6. The molecule has 0 aromatic heterocycles. The molecular weight excluding hydrogens is 532 g/mol. The number of ether oxygens (including phenoxy) is 4. The molecule has 0 radical (unpaired) electrons. The van der Waals surface area contributed by atoms with Gasteiger partial charge in [0, 0.05) is 50.4 Å². The summed E-state index contributed by atoms with van der Waals surface area (Å²) in [6.45, 7) is 21.6. The Morgan fingerprint density at radius 1 is 0.524 bits per heavy atom. The van der Waals surface area contributed by atoms with E-state index in [-0.39, 0.29) is 10.8 Å². The monoisotopic (exact) mass is 586 g/mol. The number of phenolic OH excluding ortho intramolecular Hbond substituents is 2. The maximum absolute atomic E-state index is 10.5. The van der Waals surface area contributed by atoms with Gasteiger partial charge >= 0.3 is 0 Å². The molecule has 3 rings (SSSR count). The van der Waals surface area contributed by atoms with E-state index in [2.05, 4.69) is 63.5 Å². The van der Waals surface area contributed by atoms with Gasteiger partial charge in [0.15, 0.2) is 0 Å². The third-order valence-electron chi connectivity index (χ3n) is 7.63. The lowest BCUT2D eigenvalue weighted by Gasteiger charge is -2.26. The lowest BCUT2D eigenvalue weighted by molar-refractivity contribution is 0.00611. The van der Waals surface area contributed by atoms with E-state index in [0.717, 1.165) is 37.3 Å². The molecule has 2 aromatic carbocycles. The van der Waals surface area contributed by atoms with E-state index < -0.39 is 0 Å². The number of hydrogen-bond donors (Lipinski definition) is 2. The van der Waals surface area contributed by atoms with Crippen LogP contribution in [0.15, 0.2) is 36.4 Å². The van der Waals surface area contributed by atoms with Crippen LogP contribution in [0.3, 0.4) is 0 Å². The molecule has 1 aliphatic heterocycles. The molecule has 0 bridgehead atoms. The van der Waals surface area contributed by atoms with Crippen LogP contribution in [0.1, 0.15) is 63.8 Å². The molecule has 2 N–H and O–H groups in total. The molecule has 0 unspecified atom stereocenters. The van der Waals surface area contributed by atoms with Gasteiger partial charge in [0.2, 0.25) is 0 Å². The Balaban J connectivity index is 1.54. The van der Waals surface area contributed by atoms with Crippen LogP contribution in [0.2, 0.25) is 0 Å². The fourth-order valence-corrected chi connectivity index (χ4v) is 4.80. The third kappa shape index (κ3) is 11.8. The summed E-state index contributed by atoms with van der Waals surface area (Å²) in [5.41, 5.74) is 4.26. The van der Waals surface area contributed by atoms with Gasteiger partial charge in [-0.2, -0.15) is 0 Å². The van der Waals surface area contributed by atoms with Crippen molar-refractivity contribution in [3.63, 3.8) is 0 Å². The predicted molar refractivity (Wildman–Crippen MR) is 167 cm³/mol. The van der Waals surface area contributed by atoms with Crippen molar-refractivity contribution in [2.45, 2.75) is 65.5 Å². The third-order valence-corrected chi connectivity index (χ3v) is 7.63. The summed E-state index contributed by atoms with van der Waals surface area (Å²) in [6.07, 6.45) is 0. The average Bonchev–Trinajstić information content (AvgIpc) is 2.91. The van der Waals surface area contributed by atoms with Crippen molar-refractivity contribution < 1.29 is 29.2 Å². The first-order chi connectivity index (χ1) is 19.9. The van der Waals surface area contributed by atoms with E-state index in [1.165, 1.54) is 11.1 Å². The van der Waals surface area contributed by atoms with E-state index in [1.54, 1.807) is 12.1 Å². The Kier molecular flexibility index (Phi) is 13.5. The Morgan fingerprint density at radius 3 is 1.12 bits per heavy atom. The molecule has 0 spiro atoms. The zero-order valence-electron chi connectivity index (χ0n) is 26.8. The summed E-state index contributed by atoms with van der Waals surface area (Å²) >= 11 is 0. The van der Waals surface area contributed by atoms with E-state index in [0.29, 0.717) is 77.4 Å². The zero-order chi connectivity index (χ0) is 30.6. The fraction of sp³-hybridized carbons (Fsp3) is 0.647. The molecule has 0 amide bonds. The topological polar surface area (TPSA) is 83.9 Å². The Morgan fingerprint density at radius 2 is 0.833 bits per heavy atom. The average molecular weight is 587 g/mol. The Labute approximate surface area is 253 Å². The van der Waals surface area contributed by atoms with Crippen molar-refractivity contribution in [2.75, 3.05) is 79.0 Å². The van der Waals surface area contributed by atoms with Crippen LogP contribution in [-0.2, 0) is 42.9 Å². The smallest absolute Gasteiger partial charge is 0.120 e. The molecule has 2 aromatic rings. The van der Waals surface area contributed by atoms with Crippen LogP contribution in [-0.4, -0.2) is 99.0 Å². The molecule has 42 heavy (non-hydrogen) atoms. The largest absolute Gasteiger partial charge is 0.508 e. The van der Waals surface area contributed by atoms with Crippen molar-refractivity contribution in [2.24, 2.45) is 0 Å². The van der Waals surface area contributed by atoms with E-state index in [4.69, 9.17) is 18.9 Å². The predicted octanol–water partition coefficient (Wildman–Crippen LogP) is 5.08. The molecule has 8 nitrogen and oxygen atoms in total. The first-order valence-electron chi connectivity index (χ1n) is 15.3. The molecule has 0 atom stereocenters. The molecule has 1 fully saturated rings. The quantitative estimate of drug-likeness (QED) is 0.514. The molecule has 1 aliphatic rings. The van der Waals surface area contributed by atoms with E-state index >= 15 is 0 Å². The van der Waals surface area contributed by atoms with Gasteiger partial charge in [-0.1, -0.05) is 65.8 Å². The highest BCUT2D eigenvalue weighted by atomic mass is 16.5. The Hall–Kier alpha value is -2.20. The van der Waals surface area contributed by atoms with Crippen molar-refractivity contribution in [3.05, 3.63) is 58.7 Å². The van der Waals surface area contributed by atoms with Crippen molar-refractivity contribution in [1.29, 1.82) is 0 Å². The highest BCUT2D eigenvalue weighted by molar-refractivity contribution is 5.39. The highest BCUT2D eigenvalue weighted by Crippen LogP contribution is 2.29. The van der Waals surface area contributed by atoms with Crippen LogP contribution in [0.25, 0.3) is 0 Å². The van der Waals surface area contributed by atoms with Crippen LogP contribution in [0.5, 0.6) is 11.5 Å². The fourth-order valence-electron chi connectivity index (χ4n) is 4.80. The van der Waals surface area contributed by atoms with E-state index in [9.17, 15) is 10.2 Å². The summed E-state index contributed by atoms with van der Waals surface area (Å²) in [5.74, 6) is 0.634. The number of nitrogens with zero attached hydrogens (tertiary/aromatic N) is 2. The molecule has 0 aliphatic carbocycles. The lowest BCUT2D eigenvalue weighted by Crippen LogP contribution is -2.33. The number of benzene rings is 2. The molecule has 236 valence electrons. The van der Waals surface area contributed by atoms with Crippen LogP contribution in [0.4, 0.5) is 0 Å². The Bertz CT molecular complexity index is 973. The van der Waals surface area contributed by atoms with Crippen molar-refractivity contribution >= 4 is 0 Å². The van der Waals surface area contributed by atoms with Crippen LogP contribution >= 0.6 is 0 Å². The van der Waals surface area contributed by atoms with Gasteiger partial charge in [-0.15, -0.1) is 0 Å². The summed E-state index contributed by atoms with van der Waals surface area (Å²) in [5, 5.41) is 21.1. The summed E-state index contributed by atoms with van der Waals surface area (Å²) in [7, 11) is 0. The number of phenols is 2. The van der Waals surface area contributed by atoms with Gasteiger partial charge in [-0.05, 0) is 34.1 Å². The van der Waals surface area contributed by atoms with Gasteiger partial charge < -0.3 is 29.2 Å². The molecule has 1 heterocycles. The minimum atomic E-state index is 0.0121. The van der Waals surface area contributed by atoms with Gasteiger partial charge in [0.25, 0.3) is 0 Å². The summed E-state index contributed by atoms with van der Waals surface area (Å²) < 4.78 is 23.6. The number of rotatable bonds is 4. The van der Waals surface area contributed by atoms with Crippen molar-refractivity contribution in [1.82, 2.24) is 9.80 Å². The number of aromatic hydroxyl groups is 2. The van der Waals surface area contributed by atoms with Gasteiger partial charge in [-0.25, -0.2) is 0 Å². The standard InChI is InChI=1S/C34H54N2O6/c1-33(2,3)29-7-9-31(37)27(23-29)25-35-11-15-39-19-21-41-17-13-36(14-18-42-22-20-40-16-12-35)26-28-24-30(34(4,5)6)8-10-32(28)38/h7-10,23-24,37-38H,11-22,25-26H2,1-6H3. The lowest BCUT2D eigenvalue weighted by atomic mass is 9.86. The van der Waals surface area contributed by atoms with Gasteiger partial charge in [-0.3, -0.25) is 9.80 Å². The first kappa shape index (κ1) is 34.3. The normalized spacial score (nSPS) is 18.8. The summed E-state index contributed by atoms with van der Waals surface area (Å²) in [6, 6.07) is 11.8. The highest BCUT2D eigenvalue weighted by Gasteiger charge is 2.18. The molecule has 1 saturated heterocycles. The second-order valence-electron chi connectivity index (χ2n) is 13.2. The van der Waals surface area contributed by atoms with E-state index in [1.807, 2.05) is 12.1 Å². The maximum Gasteiger partial charge on any atom is 0.120 e. The summed E-state index contributed by atoms with van der Waals surface area (Å²) in [4.78, 5) is 4.52. The van der Waals surface area contributed by atoms with Gasteiger partial charge in [0.05, 0.1) is 52.9 Å². The molecule has 8 heteroatoms. The molecule has 0 saturated carbocycles. The second kappa shape index (κ2) is 16.6. The minimum Gasteiger partial charge on any atom is -0.508 e. The zero-order valence-corrected chi connectivity index (χ0v) is 26.8. The first-order valence-corrected chi connectivity index (χ1v) is 15.3. The SMILES string of the molecule is CC(C)(C)c1ccc(O)c(CN2CCOCCOCCN(Cc3cc(C(C)(C)C)ccc3O)CCOCCOCC2)c1. The number of hydrogen-bond acceptors (Lipinski definition) is 8. The minimum absolute atomic E-state index is 0.0121. The second-order valence-corrected chi connectivity index (χ2v) is 13.2. The van der Waals surface area contributed by atoms with Crippen LogP contribution in [0, 0.1) is 0 Å². The van der Waals surface area contributed by atoms with Gasteiger partial charge in [0.1, 0.15) is 11.5 Å².